The average molecular weight is 402 g/mol. The minimum absolute atomic E-state index is 0.280. The third kappa shape index (κ3) is 4.68. The molecule has 3 rings (SSSR count). The van der Waals surface area contributed by atoms with E-state index in [0.29, 0.717) is 5.69 Å². The van der Waals surface area contributed by atoms with Crippen LogP contribution >= 0.6 is 0 Å². The fourth-order valence-corrected chi connectivity index (χ4v) is 3.98. The van der Waals surface area contributed by atoms with Gasteiger partial charge < -0.3 is 9.47 Å². The highest BCUT2D eigenvalue weighted by atomic mass is 32.2. The fraction of sp³-hybridized carbons (Fsp3) is 0.364. The Labute approximate surface area is 167 Å². The molecule has 1 N–H and O–H groups in total. The van der Waals surface area contributed by atoms with E-state index >= 15 is 0 Å². The lowest BCUT2D eigenvalue weighted by atomic mass is 9.91. The van der Waals surface area contributed by atoms with E-state index < -0.39 is 10.0 Å². The molecule has 0 fully saturated rings. The van der Waals surface area contributed by atoms with Gasteiger partial charge in [0.1, 0.15) is 17.6 Å². The summed E-state index contributed by atoms with van der Waals surface area (Å²) in [5, 5.41) is 0. The molecular formula is C22H27NO4S. The molecule has 0 spiro atoms. The lowest BCUT2D eigenvalue weighted by Crippen LogP contribution is -2.15. The second-order valence-corrected chi connectivity index (χ2v) is 8.72. The number of sulfonamides is 1. The number of unbranched alkanes of at least 4 members (excludes halogenated alkanes) is 3. The van der Waals surface area contributed by atoms with Crippen LogP contribution in [0.1, 0.15) is 44.3 Å². The number of fused-ring (bicyclic) bond motifs is 3. The molecule has 0 aliphatic carbocycles. The first-order valence-corrected chi connectivity index (χ1v) is 11.4. The summed E-state index contributed by atoms with van der Waals surface area (Å²) in [4.78, 5) is 0. The van der Waals surface area contributed by atoms with E-state index in [-0.39, 0.29) is 6.10 Å². The topological polar surface area (TPSA) is 64.6 Å². The van der Waals surface area contributed by atoms with Gasteiger partial charge in [0.25, 0.3) is 0 Å². The zero-order valence-electron chi connectivity index (χ0n) is 16.6. The molecule has 1 aliphatic heterocycles. The van der Waals surface area contributed by atoms with Crippen molar-refractivity contribution >= 4 is 15.7 Å². The number of anilines is 1. The van der Waals surface area contributed by atoms with Gasteiger partial charge in [-0.05, 0) is 48.7 Å². The summed E-state index contributed by atoms with van der Waals surface area (Å²) in [5.41, 5.74) is 3.31. The van der Waals surface area contributed by atoms with Crippen molar-refractivity contribution in [1.29, 1.82) is 0 Å². The van der Waals surface area contributed by atoms with Gasteiger partial charge in [-0.2, -0.15) is 0 Å². The molecule has 6 heteroatoms. The number of nitrogens with one attached hydrogen (secondary N) is 1. The molecule has 1 aliphatic rings. The number of hydrogen-bond acceptors (Lipinski definition) is 4. The molecule has 5 nitrogen and oxygen atoms in total. The van der Waals surface area contributed by atoms with Crippen LogP contribution in [0.2, 0.25) is 0 Å². The van der Waals surface area contributed by atoms with Gasteiger partial charge in [0.15, 0.2) is 0 Å². The molecule has 1 heterocycles. The summed E-state index contributed by atoms with van der Waals surface area (Å²) < 4.78 is 37.6. The van der Waals surface area contributed by atoms with Crippen LogP contribution in [0.15, 0.2) is 48.6 Å². The summed E-state index contributed by atoms with van der Waals surface area (Å²) >= 11 is 0. The van der Waals surface area contributed by atoms with Crippen LogP contribution in [-0.4, -0.2) is 21.8 Å². The summed E-state index contributed by atoms with van der Waals surface area (Å²) in [6.07, 6.45) is 9.60. The van der Waals surface area contributed by atoms with Crippen molar-refractivity contribution < 1.29 is 17.9 Å². The van der Waals surface area contributed by atoms with Crippen molar-refractivity contribution in [1.82, 2.24) is 0 Å². The molecule has 2 aromatic rings. The first-order valence-electron chi connectivity index (χ1n) is 9.55. The van der Waals surface area contributed by atoms with Crippen molar-refractivity contribution in [2.24, 2.45) is 0 Å². The Bertz CT molecular complexity index is 966. The van der Waals surface area contributed by atoms with Crippen LogP contribution < -0.4 is 14.2 Å². The Hall–Kier alpha value is -2.47. The molecule has 150 valence electrons. The smallest absolute Gasteiger partial charge is 0.229 e. The normalized spacial score (nSPS) is 15.6. The molecule has 0 radical (unpaired) electrons. The Kier molecular flexibility index (Phi) is 6.29. The number of allylic oxidation sites excluding steroid dienone is 1. The van der Waals surface area contributed by atoms with Crippen molar-refractivity contribution in [2.45, 2.75) is 38.7 Å². The molecule has 0 saturated carbocycles. The van der Waals surface area contributed by atoms with Gasteiger partial charge in [0.2, 0.25) is 10.0 Å². The number of rotatable bonds is 8. The molecule has 0 amide bonds. The first-order chi connectivity index (χ1) is 13.4. The van der Waals surface area contributed by atoms with E-state index in [2.05, 4.69) is 23.8 Å². The van der Waals surface area contributed by atoms with E-state index in [1.54, 1.807) is 13.2 Å². The van der Waals surface area contributed by atoms with E-state index in [4.69, 9.17) is 9.47 Å². The monoisotopic (exact) mass is 401 g/mol. The molecule has 2 aromatic carbocycles. The maximum atomic E-state index is 11.6. The Balaban J connectivity index is 2.02. The maximum Gasteiger partial charge on any atom is 0.229 e. The van der Waals surface area contributed by atoms with Crippen molar-refractivity contribution in [3.63, 3.8) is 0 Å². The van der Waals surface area contributed by atoms with Crippen LogP contribution in [0.3, 0.4) is 0 Å². The van der Waals surface area contributed by atoms with Crippen molar-refractivity contribution in [2.75, 3.05) is 18.1 Å². The highest BCUT2D eigenvalue weighted by molar-refractivity contribution is 7.92. The van der Waals surface area contributed by atoms with Gasteiger partial charge in [0, 0.05) is 11.3 Å². The highest BCUT2D eigenvalue weighted by Gasteiger charge is 2.27. The van der Waals surface area contributed by atoms with Crippen LogP contribution in [0.5, 0.6) is 11.5 Å². The molecule has 0 aromatic heterocycles. The minimum Gasteiger partial charge on any atom is -0.496 e. The number of benzene rings is 2. The lowest BCUT2D eigenvalue weighted by molar-refractivity contribution is 0.250. The van der Waals surface area contributed by atoms with Gasteiger partial charge in [-0.1, -0.05) is 38.0 Å². The van der Waals surface area contributed by atoms with E-state index in [9.17, 15) is 8.42 Å². The van der Waals surface area contributed by atoms with E-state index in [0.717, 1.165) is 47.3 Å². The molecule has 0 bridgehead atoms. The van der Waals surface area contributed by atoms with Crippen molar-refractivity contribution in [3.8, 4) is 22.6 Å². The minimum atomic E-state index is -3.36. The Morgan fingerprint density at radius 2 is 2.04 bits per heavy atom. The van der Waals surface area contributed by atoms with Gasteiger partial charge >= 0.3 is 0 Å². The van der Waals surface area contributed by atoms with Gasteiger partial charge in [-0.3, -0.25) is 4.72 Å². The Morgan fingerprint density at radius 3 is 2.75 bits per heavy atom. The summed E-state index contributed by atoms with van der Waals surface area (Å²) in [7, 11) is -1.72. The van der Waals surface area contributed by atoms with Crippen LogP contribution in [0.25, 0.3) is 11.1 Å². The largest absolute Gasteiger partial charge is 0.496 e. The predicted octanol–water partition coefficient (Wildman–Crippen LogP) is 5.30. The second-order valence-electron chi connectivity index (χ2n) is 6.97. The van der Waals surface area contributed by atoms with Gasteiger partial charge in [-0.15, -0.1) is 0 Å². The summed E-state index contributed by atoms with van der Waals surface area (Å²) in [6.45, 7) is 2.19. The zero-order valence-corrected chi connectivity index (χ0v) is 17.4. The fourth-order valence-electron chi connectivity index (χ4n) is 3.42. The number of hydrogen-bond donors (Lipinski definition) is 1. The zero-order chi connectivity index (χ0) is 20.1. The predicted molar refractivity (Wildman–Crippen MR) is 114 cm³/mol. The molecular weight excluding hydrogens is 374 g/mol. The van der Waals surface area contributed by atoms with Crippen LogP contribution in [0, 0.1) is 0 Å². The quantitative estimate of drug-likeness (QED) is 0.481. The van der Waals surface area contributed by atoms with Crippen LogP contribution in [-0.2, 0) is 10.0 Å². The molecule has 1 unspecified atom stereocenters. The third-order valence-corrected chi connectivity index (χ3v) is 5.28. The lowest BCUT2D eigenvalue weighted by Gasteiger charge is -2.28. The Morgan fingerprint density at radius 1 is 1.21 bits per heavy atom. The van der Waals surface area contributed by atoms with E-state index in [1.165, 1.54) is 12.8 Å². The van der Waals surface area contributed by atoms with Gasteiger partial charge in [-0.25, -0.2) is 8.42 Å². The summed E-state index contributed by atoms with van der Waals surface area (Å²) in [6, 6.07) is 11.3. The summed E-state index contributed by atoms with van der Waals surface area (Å²) in [5.74, 6) is 1.49. The molecule has 28 heavy (non-hydrogen) atoms. The standard InChI is InChI=1S/C22H27NO4S/c1-4-5-6-7-8-10-19-18-15-16(23-28(3,24)25)13-14-17(18)22-20(26-2)11-9-12-21(22)27-19/h8-15,19,23H,4-7H2,1-3H3. The first kappa shape index (κ1) is 20.3. The second kappa shape index (κ2) is 8.69. The molecule has 1 atom stereocenters. The van der Waals surface area contributed by atoms with Crippen LogP contribution in [0.4, 0.5) is 5.69 Å². The van der Waals surface area contributed by atoms with Gasteiger partial charge in [0.05, 0.1) is 18.9 Å². The maximum absolute atomic E-state index is 11.6. The van der Waals surface area contributed by atoms with E-state index in [1.807, 2.05) is 30.3 Å². The average Bonchev–Trinajstić information content (AvgIpc) is 2.65. The molecule has 0 saturated heterocycles. The highest BCUT2D eigenvalue weighted by Crippen LogP contribution is 2.48. The SMILES string of the molecule is CCCCCC=CC1Oc2cccc(OC)c2-c2ccc(NS(C)(=O)=O)cc21. The third-order valence-electron chi connectivity index (χ3n) is 4.68. The number of ether oxygens (including phenoxy) is 2. The number of methoxy groups -OCH3 is 1. The van der Waals surface area contributed by atoms with Crippen molar-refractivity contribution in [3.05, 3.63) is 54.1 Å².